The number of rotatable bonds is 5. The van der Waals surface area contributed by atoms with E-state index in [1.54, 1.807) is 6.07 Å². The van der Waals surface area contributed by atoms with Gasteiger partial charge in [-0.15, -0.1) is 0 Å². The van der Waals surface area contributed by atoms with E-state index in [1.165, 1.54) is 6.07 Å². The van der Waals surface area contributed by atoms with Crippen LogP contribution in [0, 0.1) is 0 Å². The zero-order valence-corrected chi connectivity index (χ0v) is 13.2. The van der Waals surface area contributed by atoms with Crippen molar-refractivity contribution in [2.45, 2.75) is 18.4 Å². The van der Waals surface area contributed by atoms with Gasteiger partial charge in [0.1, 0.15) is 4.90 Å². The molecule has 112 valence electrons. The fourth-order valence-corrected chi connectivity index (χ4v) is 3.20. The fourth-order valence-electron chi connectivity index (χ4n) is 2.11. The Balaban J connectivity index is 2.31. The number of hydrogen-bond donors (Lipinski definition) is 1. The molecule has 0 saturated heterocycles. The van der Waals surface area contributed by atoms with Crippen LogP contribution in [-0.4, -0.2) is 15.0 Å². The van der Waals surface area contributed by atoms with Crippen molar-refractivity contribution in [3.8, 4) is 0 Å². The van der Waals surface area contributed by atoms with Gasteiger partial charge in [-0.3, -0.25) is 0 Å². The van der Waals surface area contributed by atoms with Crippen LogP contribution in [0.5, 0.6) is 0 Å². The summed E-state index contributed by atoms with van der Waals surface area (Å²) in [6.45, 7) is 3.43. The standard InChI is InChI=1S/C15H17ClN2O2S/c1-2-18(13-6-4-3-5-7-13)11-12-8-9-14(16)15(10-12)21(17,19)20/h3-10H,2,11H2,1H3,(H2,17,19,20). The number of anilines is 1. The van der Waals surface area contributed by atoms with E-state index in [0.717, 1.165) is 17.8 Å². The smallest absolute Gasteiger partial charge is 0.239 e. The second-order valence-corrected chi connectivity index (χ2v) is 6.60. The summed E-state index contributed by atoms with van der Waals surface area (Å²) in [5, 5.41) is 5.32. The van der Waals surface area contributed by atoms with Crippen molar-refractivity contribution in [3.05, 3.63) is 59.1 Å². The summed E-state index contributed by atoms with van der Waals surface area (Å²) in [6, 6.07) is 14.8. The summed E-state index contributed by atoms with van der Waals surface area (Å²) in [5.41, 5.74) is 1.92. The average Bonchev–Trinajstić information content (AvgIpc) is 2.46. The highest BCUT2D eigenvalue weighted by atomic mass is 35.5. The van der Waals surface area contributed by atoms with Crippen molar-refractivity contribution in [2.24, 2.45) is 5.14 Å². The van der Waals surface area contributed by atoms with E-state index >= 15 is 0 Å². The van der Waals surface area contributed by atoms with E-state index in [4.69, 9.17) is 16.7 Å². The first-order valence-corrected chi connectivity index (χ1v) is 8.45. The average molecular weight is 325 g/mol. The third-order valence-corrected chi connectivity index (χ3v) is 4.57. The van der Waals surface area contributed by atoms with Crippen molar-refractivity contribution in [1.82, 2.24) is 0 Å². The fraction of sp³-hybridized carbons (Fsp3) is 0.200. The van der Waals surface area contributed by atoms with Gasteiger partial charge in [-0.1, -0.05) is 35.9 Å². The molecular weight excluding hydrogens is 308 g/mol. The molecule has 2 rings (SSSR count). The van der Waals surface area contributed by atoms with Crippen LogP contribution in [0.25, 0.3) is 0 Å². The van der Waals surface area contributed by atoms with Gasteiger partial charge in [-0.2, -0.15) is 0 Å². The topological polar surface area (TPSA) is 63.4 Å². The van der Waals surface area contributed by atoms with E-state index in [0.29, 0.717) is 6.54 Å². The van der Waals surface area contributed by atoms with Gasteiger partial charge in [0.25, 0.3) is 0 Å². The Bertz CT molecular complexity index is 718. The monoisotopic (exact) mass is 324 g/mol. The molecule has 0 unspecified atom stereocenters. The molecule has 0 saturated carbocycles. The quantitative estimate of drug-likeness (QED) is 0.919. The lowest BCUT2D eigenvalue weighted by atomic mass is 10.2. The zero-order chi connectivity index (χ0) is 15.5. The molecular formula is C15H17ClN2O2S. The first-order chi connectivity index (χ1) is 9.91. The first-order valence-electron chi connectivity index (χ1n) is 6.53. The maximum Gasteiger partial charge on any atom is 0.239 e. The molecule has 6 heteroatoms. The van der Waals surface area contributed by atoms with E-state index in [1.807, 2.05) is 43.3 Å². The molecule has 0 aliphatic heterocycles. The Morgan fingerprint density at radius 3 is 2.38 bits per heavy atom. The Morgan fingerprint density at radius 2 is 1.81 bits per heavy atom. The summed E-state index contributed by atoms with van der Waals surface area (Å²) in [4.78, 5) is 2.10. The van der Waals surface area contributed by atoms with Crippen molar-refractivity contribution in [1.29, 1.82) is 0 Å². The number of halogens is 1. The van der Waals surface area contributed by atoms with Gasteiger partial charge in [-0.25, -0.2) is 13.6 Å². The predicted octanol–water partition coefficient (Wildman–Crippen LogP) is 3.01. The van der Waals surface area contributed by atoms with Crippen LogP contribution in [-0.2, 0) is 16.6 Å². The minimum atomic E-state index is -3.81. The van der Waals surface area contributed by atoms with Gasteiger partial charge in [0.15, 0.2) is 0 Å². The minimum Gasteiger partial charge on any atom is -0.367 e. The maximum atomic E-state index is 11.5. The van der Waals surface area contributed by atoms with Crippen molar-refractivity contribution >= 4 is 27.3 Å². The van der Waals surface area contributed by atoms with Gasteiger partial charge in [0.05, 0.1) is 5.02 Å². The number of nitrogens with zero attached hydrogens (tertiary/aromatic N) is 1. The second-order valence-electron chi connectivity index (χ2n) is 4.66. The molecule has 0 aliphatic carbocycles. The van der Waals surface area contributed by atoms with Crippen LogP contribution in [0.15, 0.2) is 53.4 Å². The molecule has 0 atom stereocenters. The Labute approximate surface area is 130 Å². The molecule has 0 aromatic heterocycles. The van der Waals surface area contributed by atoms with Crippen molar-refractivity contribution < 1.29 is 8.42 Å². The number of nitrogens with two attached hydrogens (primary N) is 1. The summed E-state index contributed by atoms with van der Waals surface area (Å²) in [6.07, 6.45) is 0. The molecule has 0 heterocycles. The number of primary sulfonamides is 1. The van der Waals surface area contributed by atoms with Crippen molar-refractivity contribution in [3.63, 3.8) is 0 Å². The molecule has 2 aromatic rings. The molecule has 0 bridgehead atoms. The third-order valence-electron chi connectivity index (χ3n) is 3.18. The molecule has 0 spiro atoms. The highest BCUT2D eigenvalue weighted by Crippen LogP contribution is 2.23. The summed E-state index contributed by atoms with van der Waals surface area (Å²) >= 11 is 5.90. The molecule has 21 heavy (non-hydrogen) atoms. The van der Waals surface area contributed by atoms with Crippen molar-refractivity contribution in [2.75, 3.05) is 11.4 Å². The summed E-state index contributed by atoms with van der Waals surface area (Å²) in [7, 11) is -3.81. The Morgan fingerprint density at radius 1 is 1.14 bits per heavy atom. The molecule has 0 fully saturated rings. The summed E-state index contributed by atoms with van der Waals surface area (Å²) < 4.78 is 23.0. The van der Waals surface area contributed by atoms with Gasteiger partial charge in [-0.05, 0) is 36.8 Å². The van der Waals surface area contributed by atoms with E-state index in [-0.39, 0.29) is 9.92 Å². The first kappa shape index (κ1) is 15.8. The van der Waals surface area contributed by atoms with E-state index in [2.05, 4.69) is 4.90 Å². The normalized spacial score (nSPS) is 11.4. The molecule has 4 nitrogen and oxygen atoms in total. The lowest BCUT2D eigenvalue weighted by Crippen LogP contribution is -2.22. The van der Waals surface area contributed by atoms with Gasteiger partial charge < -0.3 is 4.90 Å². The van der Waals surface area contributed by atoms with E-state index < -0.39 is 10.0 Å². The molecule has 0 radical (unpaired) electrons. The van der Waals surface area contributed by atoms with Gasteiger partial charge in [0, 0.05) is 18.8 Å². The highest BCUT2D eigenvalue weighted by molar-refractivity contribution is 7.89. The van der Waals surface area contributed by atoms with Crippen LogP contribution in [0.3, 0.4) is 0 Å². The minimum absolute atomic E-state index is 0.0363. The van der Waals surface area contributed by atoms with Crippen LogP contribution < -0.4 is 10.0 Å². The second kappa shape index (κ2) is 6.47. The maximum absolute atomic E-state index is 11.5. The summed E-state index contributed by atoms with van der Waals surface area (Å²) in [5.74, 6) is 0. The SMILES string of the molecule is CCN(Cc1ccc(Cl)c(S(N)(=O)=O)c1)c1ccccc1. The Kier molecular flexibility index (Phi) is 4.88. The number of benzene rings is 2. The molecule has 2 N–H and O–H groups in total. The highest BCUT2D eigenvalue weighted by Gasteiger charge is 2.14. The lowest BCUT2D eigenvalue weighted by molar-refractivity contribution is 0.597. The number of para-hydroxylation sites is 1. The molecule has 0 aliphatic rings. The number of hydrogen-bond acceptors (Lipinski definition) is 3. The lowest BCUT2D eigenvalue weighted by Gasteiger charge is -2.23. The van der Waals surface area contributed by atoms with Gasteiger partial charge in [0.2, 0.25) is 10.0 Å². The van der Waals surface area contributed by atoms with Crippen LogP contribution >= 0.6 is 11.6 Å². The van der Waals surface area contributed by atoms with Crippen LogP contribution in [0.2, 0.25) is 5.02 Å². The zero-order valence-electron chi connectivity index (χ0n) is 11.7. The largest absolute Gasteiger partial charge is 0.367 e. The van der Waals surface area contributed by atoms with Crippen LogP contribution in [0.1, 0.15) is 12.5 Å². The number of sulfonamides is 1. The Hall–Kier alpha value is -1.56. The van der Waals surface area contributed by atoms with E-state index in [9.17, 15) is 8.42 Å². The predicted molar refractivity (Wildman–Crippen MR) is 86.0 cm³/mol. The van der Waals surface area contributed by atoms with Crippen LogP contribution in [0.4, 0.5) is 5.69 Å². The third kappa shape index (κ3) is 3.97. The molecule has 0 amide bonds. The van der Waals surface area contributed by atoms with Gasteiger partial charge >= 0.3 is 0 Å². The molecule has 2 aromatic carbocycles.